The first-order valence-electron chi connectivity index (χ1n) is 6.55. The Balaban J connectivity index is 2.52. The van der Waals surface area contributed by atoms with Gasteiger partial charge in [0.25, 0.3) is 0 Å². The number of hydrogen-bond acceptors (Lipinski definition) is 5. The van der Waals surface area contributed by atoms with E-state index in [2.05, 4.69) is 17.2 Å². The van der Waals surface area contributed by atoms with E-state index in [1.54, 1.807) is 25.6 Å². The van der Waals surface area contributed by atoms with Crippen LogP contribution in [0.1, 0.15) is 27.2 Å². The molecule has 0 radical (unpaired) electrons. The number of nitrogens with zero attached hydrogens (tertiary/aromatic N) is 1. The lowest BCUT2D eigenvalue weighted by Gasteiger charge is -2.18. The van der Waals surface area contributed by atoms with Gasteiger partial charge >= 0.3 is 0 Å². The molecule has 1 heterocycles. The Hall–Kier alpha value is -1.30. The lowest BCUT2D eigenvalue weighted by atomic mass is 10.1. The molecule has 2 rings (SSSR count). The third-order valence-electron chi connectivity index (χ3n) is 3.41. The van der Waals surface area contributed by atoms with Crippen molar-refractivity contribution in [3.05, 3.63) is 38.3 Å². The highest BCUT2D eigenvalue weighted by Crippen LogP contribution is 2.41. The summed E-state index contributed by atoms with van der Waals surface area (Å²) >= 11 is 8.16. The maximum atomic E-state index is 6.49. The van der Waals surface area contributed by atoms with Crippen molar-refractivity contribution >= 4 is 22.9 Å². The highest BCUT2D eigenvalue weighted by Gasteiger charge is 2.23. The Bertz CT molecular complexity index is 623. The summed E-state index contributed by atoms with van der Waals surface area (Å²) in [4.78, 5) is 5.83. The molecule has 0 saturated carbocycles. The smallest absolute Gasteiger partial charge is 0.179 e. The van der Waals surface area contributed by atoms with Gasteiger partial charge < -0.3 is 14.8 Å². The number of methoxy groups -OCH3 is 2. The van der Waals surface area contributed by atoms with Crippen LogP contribution in [-0.2, 0) is 0 Å². The second-order valence-corrected chi connectivity index (χ2v) is 6.23. The van der Waals surface area contributed by atoms with Gasteiger partial charge in [-0.05, 0) is 32.5 Å². The van der Waals surface area contributed by atoms with Gasteiger partial charge in [-0.3, -0.25) is 0 Å². The number of halogens is 1. The number of aromatic nitrogens is 1. The average molecular weight is 327 g/mol. The van der Waals surface area contributed by atoms with Crippen LogP contribution in [0, 0.1) is 13.8 Å². The van der Waals surface area contributed by atoms with E-state index in [9.17, 15) is 0 Å². The quantitative estimate of drug-likeness (QED) is 0.909. The molecule has 0 amide bonds. The summed E-state index contributed by atoms with van der Waals surface area (Å²) in [5, 5.41) is 4.80. The molecule has 1 N–H and O–H groups in total. The molecule has 0 saturated heterocycles. The van der Waals surface area contributed by atoms with Crippen LogP contribution in [0.15, 0.2) is 12.1 Å². The van der Waals surface area contributed by atoms with Crippen molar-refractivity contribution in [2.45, 2.75) is 19.9 Å². The molecule has 6 heteroatoms. The molecule has 1 unspecified atom stereocenters. The summed E-state index contributed by atoms with van der Waals surface area (Å²) in [6, 6.07) is 3.73. The second-order valence-electron chi connectivity index (χ2n) is 4.62. The maximum Gasteiger partial charge on any atom is 0.179 e. The molecular formula is C15H19ClN2O2S. The molecular weight excluding hydrogens is 308 g/mol. The number of nitrogens with one attached hydrogen (secondary N) is 1. The van der Waals surface area contributed by atoms with Gasteiger partial charge in [-0.15, -0.1) is 11.3 Å². The van der Waals surface area contributed by atoms with Gasteiger partial charge in [0.1, 0.15) is 5.01 Å². The van der Waals surface area contributed by atoms with Crippen LogP contribution in [0.2, 0.25) is 5.02 Å². The van der Waals surface area contributed by atoms with Gasteiger partial charge in [0.05, 0.1) is 31.0 Å². The van der Waals surface area contributed by atoms with Gasteiger partial charge in [0.15, 0.2) is 11.5 Å². The molecule has 21 heavy (non-hydrogen) atoms. The van der Waals surface area contributed by atoms with Crippen molar-refractivity contribution in [3.8, 4) is 11.5 Å². The van der Waals surface area contributed by atoms with Crippen molar-refractivity contribution in [2.75, 3.05) is 21.3 Å². The van der Waals surface area contributed by atoms with Gasteiger partial charge in [-0.1, -0.05) is 17.7 Å². The molecule has 0 fully saturated rings. The van der Waals surface area contributed by atoms with Gasteiger partial charge in [-0.2, -0.15) is 0 Å². The van der Waals surface area contributed by atoms with Gasteiger partial charge in [-0.25, -0.2) is 4.98 Å². The Morgan fingerprint density at radius 2 is 1.95 bits per heavy atom. The Labute approximate surface area is 134 Å². The maximum absolute atomic E-state index is 6.49. The van der Waals surface area contributed by atoms with Crippen molar-refractivity contribution < 1.29 is 9.47 Å². The number of aryl methyl sites for hydroxylation is 2. The topological polar surface area (TPSA) is 43.4 Å². The molecule has 0 aliphatic carbocycles. The summed E-state index contributed by atoms with van der Waals surface area (Å²) in [5.74, 6) is 1.16. The fourth-order valence-electron chi connectivity index (χ4n) is 2.16. The van der Waals surface area contributed by atoms with E-state index < -0.39 is 0 Å². The normalized spacial score (nSPS) is 12.3. The lowest BCUT2D eigenvalue weighted by Crippen LogP contribution is -2.18. The molecule has 0 spiro atoms. The molecule has 4 nitrogen and oxygen atoms in total. The lowest BCUT2D eigenvalue weighted by molar-refractivity contribution is 0.354. The minimum absolute atomic E-state index is 0.0743. The largest absolute Gasteiger partial charge is 0.493 e. The van der Waals surface area contributed by atoms with Crippen LogP contribution in [-0.4, -0.2) is 26.3 Å². The minimum Gasteiger partial charge on any atom is -0.493 e. The molecule has 114 valence electrons. The summed E-state index contributed by atoms with van der Waals surface area (Å²) in [5.41, 5.74) is 1.97. The Morgan fingerprint density at radius 1 is 1.24 bits per heavy atom. The summed E-state index contributed by atoms with van der Waals surface area (Å²) < 4.78 is 10.6. The van der Waals surface area contributed by atoms with Crippen LogP contribution in [0.3, 0.4) is 0 Å². The SMILES string of the molecule is CNC(c1nc(C)c(C)s1)c1ccc(OC)c(OC)c1Cl. The minimum atomic E-state index is -0.0743. The van der Waals surface area contributed by atoms with Crippen LogP contribution in [0.5, 0.6) is 11.5 Å². The summed E-state index contributed by atoms with van der Waals surface area (Å²) in [6.45, 7) is 4.08. The molecule has 0 bridgehead atoms. The number of hydrogen-bond donors (Lipinski definition) is 1. The zero-order chi connectivity index (χ0) is 15.6. The highest BCUT2D eigenvalue weighted by atomic mass is 35.5. The summed E-state index contributed by atoms with van der Waals surface area (Å²) in [6.07, 6.45) is 0. The van der Waals surface area contributed by atoms with Crippen LogP contribution in [0.25, 0.3) is 0 Å². The first-order valence-corrected chi connectivity index (χ1v) is 7.74. The first kappa shape index (κ1) is 16.1. The second kappa shape index (κ2) is 6.64. The van der Waals surface area contributed by atoms with Gasteiger partial charge in [0.2, 0.25) is 0 Å². The number of thiazole rings is 1. The number of rotatable bonds is 5. The van der Waals surface area contributed by atoms with E-state index in [4.69, 9.17) is 21.1 Å². The molecule has 1 aromatic heterocycles. The third kappa shape index (κ3) is 3.00. The zero-order valence-corrected chi connectivity index (χ0v) is 14.4. The highest BCUT2D eigenvalue weighted by molar-refractivity contribution is 7.11. The van der Waals surface area contributed by atoms with Crippen molar-refractivity contribution in [1.29, 1.82) is 0 Å². The van der Waals surface area contributed by atoms with Gasteiger partial charge in [0, 0.05) is 4.88 Å². The standard InChI is InChI=1S/C15H19ClN2O2S/c1-8-9(2)21-15(18-8)13(17-3)10-6-7-11(19-4)14(20-5)12(10)16/h6-7,13,17H,1-5H3. The fraction of sp³-hybridized carbons (Fsp3) is 0.400. The third-order valence-corrected chi connectivity index (χ3v) is 4.93. The first-order chi connectivity index (χ1) is 10.0. The van der Waals surface area contributed by atoms with E-state index >= 15 is 0 Å². The Kier molecular flexibility index (Phi) is 5.08. The zero-order valence-electron chi connectivity index (χ0n) is 12.8. The molecule has 0 aliphatic rings. The van der Waals surface area contributed by atoms with E-state index in [0.29, 0.717) is 16.5 Å². The number of benzene rings is 1. The Morgan fingerprint density at radius 3 is 2.43 bits per heavy atom. The van der Waals surface area contributed by atoms with Crippen LogP contribution < -0.4 is 14.8 Å². The van der Waals surface area contributed by atoms with Crippen molar-refractivity contribution in [1.82, 2.24) is 10.3 Å². The predicted octanol–water partition coefficient (Wildman–Crippen LogP) is 3.74. The van der Waals surface area contributed by atoms with Crippen LogP contribution in [0.4, 0.5) is 0 Å². The van der Waals surface area contributed by atoms with Crippen molar-refractivity contribution in [3.63, 3.8) is 0 Å². The summed E-state index contributed by atoms with van der Waals surface area (Å²) in [7, 11) is 5.07. The molecule has 2 aromatic rings. The van der Waals surface area contributed by atoms with Crippen molar-refractivity contribution in [2.24, 2.45) is 0 Å². The van der Waals surface area contributed by atoms with E-state index in [-0.39, 0.29) is 6.04 Å². The van der Waals surface area contributed by atoms with E-state index in [1.165, 1.54) is 4.88 Å². The molecule has 1 atom stereocenters. The molecule has 1 aromatic carbocycles. The predicted molar refractivity (Wildman–Crippen MR) is 87.0 cm³/mol. The van der Waals surface area contributed by atoms with Crippen LogP contribution >= 0.6 is 22.9 Å². The van der Waals surface area contributed by atoms with E-state index in [0.717, 1.165) is 16.3 Å². The average Bonchev–Trinajstić information content (AvgIpc) is 2.80. The fourth-order valence-corrected chi connectivity index (χ4v) is 3.56. The monoisotopic (exact) mass is 326 g/mol. The van der Waals surface area contributed by atoms with E-state index in [1.807, 2.05) is 26.1 Å². The number of ether oxygens (including phenoxy) is 2. The molecule has 0 aliphatic heterocycles.